The van der Waals surface area contributed by atoms with Crippen LogP contribution in [0.4, 0.5) is 5.69 Å². The molecule has 3 aromatic rings. The predicted molar refractivity (Wildman–Crippen MR) is 107 cm³/mol. The van der Waals surface area contributed by atoms with Crippen molar-refractivity contribution in [1.29, 1.82) is 5.26 Å². The summed E-state index contributed by atoms with van der Waals surface area (Å²) >= 11 is 0. The molecule has 1 aliphatic rings. The topological polar surface area (TPSA) is 47.3 Å². The van der Waals surface area contributed by atoms with Crippen molar-refractivity contribution in [3.63, 3.8) is 0 Å². The van der Waals surface area contributed by atoms with Crippen LogP contribution in [0, 0.1) is 11.3 Å². The van der Waals surface area contributed by atoms with E-state index >= 15 is 0 Å². The molecular formula is C23H21N3O. The lowest BCUT2D eigenvalue weighted by molar-refractivity contribution is -0.122. The maximum atomic E-state index is 12.8. The van der Waals surface area contributed by atoms with E-state index < -0.39 is 0 Å². The molecule has 0 aliphatic carbocycles. The molecule has 1 saturated heterocycles. The van der Waals surface area contributed by atoms with Crippen molar-refractivity contribution in [1.82, 2.24) is 4.90 Å². The summed E-state index contributed by atoms with van der Waals surface area (Å²) in [7, 11) is 0. The van der Waals surface area contributed by atoms with Gasteiger partial charge in [0.05, 0.1) is 17.8 Å². The second kappa shape index (κ2) is 7.22. The molecule has 1 aliphatic heterocycles. The molecule has 0 aromatic heterocycles. The highest BCUT2D eigenvalue weighted by atomic mass is 16.2. The van der Waals surface area contributed by atoms with E-state index in [1.807, 2.05) is 30.3 Å². The molecule has 0 unspecified atom stereocenters. The largest absolute Gasteiger partial charge is 0.308 e. The van der Waals surface area contributed by atoms with Gasteiger partial charge in [0.2, 0.25) is 5.91 Å². The van der Waals surface area contributed by atoms with Crippen molar-refractivity contribution in [3.8, 4) is 6.07 Å². The molecule has 0 radical (unpaired) electrons. The van der Waals surface area contributed by atoms with Crippen LogP contribution in [0.5, 0.6) is 0 Å². The zero-order valence-electron chi connectivity index (χ0n) is 15.3. The Labute approximate surface area is 159 Å². The highest BCUT2D eigenvalue weighted by Crippen LogP contribution is 2.25. The van der Waals surface area contributed by atoms with E-state index in [0.717, 1.165) is 6.54 Å². The Hall–Kier alpha value is -3.16. The molecule has 1 heterocycles. The SMILES string of the molecule is C[C@H]1CN(c2ccccc2C#N)C(=O)CN1Cc1ccc2ccccc2c1. The Morgan fingerprint density at radius 2 is 1.78 bits per heavy atom. The Balaban J connectivity index is 1.53. The molecule has 4 nitrogen and oxygen atoms in total. The number of anilines is 1. The van der Waals surface area contributed by atoms with Crippen LogP contribution in [0.25, 0.3) is 10.8 Å². The van der Waals surface area contributed by atoms with Gasteiger partial charge in [0.1, 0.15) is 6.07 Å². The van der Waals surface area contributed by atoms with Gasteiger partial charge in [0.15, 0.2) is 0 Å². The summed E-state index contributed by atoms with van der Waals surface area (Å²) < 4.78 is 0. The molecule has 0 spiro atoms. The number of hydrogen-bond donors (Lipinski definition) is 0. The van der Waals surface area contributed by atoms with Gasteiger partial charge in [-0.3, -0.25) is 9.69 Å². The Morgan fingerprint density at radius 3 is 2.59 bits per heavy atom. The van der Waals surface area contributed by atoms with Crippen molar-refractivity contribution in [2.45, 2.75) is 19.5 Å². The van der Waals surface area contributed by atoms with E-state index in [1.54, 1.807) is 11.0 Å². The van der Waals surface area contributed by atoms with Crippen LogP contribution in [0.3, 0.4) is 0 Å². The second-order valence-corrected chi connectivity index (χ2v) is 7.07. The molecule has 1 atom stereocenters. The van der Waals surface area contributed by atoms with Gasteiger partial charge >= 0.3 is 0 Å². The number of carbonyl (C=O) groups is 1. The van der Waals surface area contributed by atoms with Gasteiger partial charge in [-0.2, -0.15) is 5.26 Å². The van der Waals surface area contributed by atoms with Gasteiger partial charge in [-0.1, -0.05) is 48.5 Å². The molecule has 1 amide bonds. The quantitative estimate of drug-likeness (QED) is 0.715. The van der Waals surface area contributed by atoms with Gasteiger partial charge in [-0.05, 0) is 41.5 Å². The van der Waals surface area contributed by atoms with Crippen LogP contribution < -0.4 is 4.90 Å². The number of piperazine rings is 1. The fourth-order valence-electron chi connectivity index (χ4n) is 3.72. The summed E-state index contributed by atoms with van der Waals surface area (Å²) in [5.74, 6) is 0.0385. The predicted octanol–water partition coefficient (Wildman–Crippen LogP) is 3.95. The monoisotopic (exact) mass is 355 g/mol. The molecule has 3 aromatic carbocycles. The van der Waals surface area contributed by atoms with Crippen molar-refractivity contribution in [2.75, 3.05) is 18.0 Å². The first-order chi connectivity index (χ1) is 13.2. The number of rotatable bonds is 3. The van der Waals surface area contributed by atoms with Crippen LogP contribution in [0.15, 0.2) is 66.7 Å². The third-order valence-corrected chi connectivity index (χ3v) is 5.22. The van der Waals surface area contributed by atoms with Crippen LogP contribution in [0.2, 0.25) is 0 Å². The summed E-state index contributed by atoms with van der Waals surface area (Å²) in [6.07, 6.45) is 0. The van der Waals surface area contributed by atoms with Crippen molar-refractivity contribution in [2.24, 2.45) is 0 Å². The normalized spacial score (nSPS) is 17.9. The number of carbonyl (C=O) groups excluding carboxylic acids is 1. The Bertz CT molecular complexity index is 1040. The molecule has 0 saturated carbocycles. The first-order valence-corrected chi connectivity index (χ1v) is 9.17. The molecular weight excluding hydrogens is 334 g/mol. The lowest BCUT2D eigenvalue weighted by Gasteiger charge is -2.39. The maximum Gasteiger partial charge on any atom is 0.241 e. The minimum atomic E-state index is 0.0385. The van der Waals surface area contributed by atoms with Gasteiger partial charge in [-0.15, -0.1) is 0 Å². The Morgan fingerprint density at radius 1 is 1.04 bits per heavy atom. The third-order valence-electron chi connectivity index (χ3n) is 5.22. The van der Waals surface area contributed by atoms with Crippen LogP contribution in [-0.2, 0) is 11.3 Å². The van der Waals surface area contributed by atoms with E-state index in [4.69, 9.17) is 0 Å². The Kier molecular flexibility index (Phi) is 4.62. The van der Waals surface area contributed by atoms with Crippen LogP contribution >= 0.6 is 0 Å². The number of para-hydroxylation sites is 1. The number of fused-ring (bicyclic) bond motifs is 1. The summed E-state index contributed by atoms with van der Waals surface area (Å²) in [5, 5.41) is 11.8. The van der Waals surface area contributed by atoms with Crippen molar-refractivity contribution < 1.29 is 4.79 Å². The van der Waals surface area contributed by atoms with Gasteiger partial charge < -0.3 is 4.90 Å². The lowest BCUT2D eigenvalue weighted by atomic mass is 10.0. The van der Waals surface area contributed by atoms with Crippen molar-refractivity contribution in [3.05, 3.63) is 77.9 Å². The first-order valence-electron chi connectivity index (χ1n) is 9.17. The fourth-order valence-corrected chi connectivity index (χ4v) is 3.72. The van der Waals surface area contributed by atoms with Gasteiger partial charge in [-0.25, -0.2) is 0 Å². The standard InChI is InChI=1S/C23H21N3O/c1-17-14-26(22-9-5-4-8-21(22)13-24)23(27)16-25(17)15-18-10-11-19-6-2-3-7-20(19)12-18/h2-12,17H,14-16H2,1H3/t17-/m0/s1. The number of benzene rings is 3. The van der Waals surface area contributed by atoms with E-state index in [-0.39, 0.29) is 11.9 Å². The summed E-state index contributed by atoms with van der Waals surface area (Å²) in [6, 6.07) is 24.5. The van der Waals surface area contributed by atoms with E-state index in [9.17, 15) is 10.1 Å². The van der Waals surface area contributed by atoms with E-state index in [0.29, 0.717) is 24.3 Å². The smallest absolute Gasteiger partial charge is 0.241 e. The molecule has 4 heteroatoms. The highest BCUT2D eigenvalue weighted by Gasteiger charge is 2.31. The van der Waals surface area contributed by atoms with Crippen LogP contribution in [0.1, 0.15) is 18.1 Å². The molecule has 1 fully saturated rings. The van der Waals surface area contributed by atoms with E-state index in [2.05, 4.69) is 48.2 Å². The molecule has 134 valence electrons. The molecule has 0 bridgehead atoms. The van der Waals surface area contributed by atoms with Gasteiger partial charge in [0, 0.05) is 19.1 Å². The minimum Gasteiger partial charge on any atom is -0.308 e. The summed E-state index contributed by atoms with van der Waals surface area (Å²) in [4.78, 5) is 16.8. The minimum absolute atomic E-state index is 0.0385. The zero-order valence-corrected chi connectivity index (χ0v) is 15.3. The zero-order chi connectivity index (χ0) is 18.8. The third kappa shape index (κ3) is 3.42. The number of nitrogens with zero attached hydrogens (tertiary/aromatic N) is 3. The number of amides is 1. The number of nitriles is 1. The highest BCUT2D eigenvalue weighted by molar-refractivity contribution is 5.97. The van der Waals surface area contributed by atoms with Crippen molar-refractivity contribution >= 4 is 22.4 Å². The van der Waals surface area contributed by atoms with Gasteiger partial charge in [0.25, 0.3) is 0 Å². The van der Waals surface area contributed by atoms with E-state index in [1.165, 1.54) is 16.3 Å². The summed E-state index contributed by atoms with van der Waals surface area (Å²) in [5.41, 5.74) is 2.46. The number of hydrogen-bond acceptors (Lipinski definition) is 3. The average Bonchev–Trinajstić information content (AvgIpc) is 2.70. The summed E-state index contributed by atoms with van der Waals surface area (Å²) in [6.45, 7) is 3.82. The average molecular weight is 355 g/mol. The molecule has 27 heavy (non-hydrogen) atoms. The molecule has 4 rings (SSSR count). The second-order valence-electron chi connectivity index (χ2n) is 7.07. The molecule has 0 N–H and O–H groups in total. The van der Waals surface area contributed by atoms with Crippen LogP contribution in [-0.4, -0.2) is 29.9 Å². The maximum absolute atomic E-state index is 12.8. The first kappa shape index (κ1) is 17.3. The lowest BCUT2D eigenvalue weighted by Crippen LogP contribution is -2.55. The fraction of sp³-hybridized carbons (Fsp3) is 0.217.